The van der Waals surface area contributed by atoms with Crippen molar-refractivity contribution in [3.8, 4) is 5.88 Å². The molecule has 0 aromatic carbocycles. The first-order chi connectivity index (χ1) is 4.63. The lowest BCUT2D eigenvalue weighted by molar-refractivity contribution is 0.439. The van der Waals surface area contributed by atoms with Crippen molar-refractivity contribution in [3.05, 3.63) is 9.33 Å². The van der Waals surface area contributed by atoms with Gasteiger partial charge in [0, 0.05) is 0 Å². The van der Waals surface area contributed by atoms with E-state index in [1.807, 2.05) is 0 Å². The van der Waals surface area contributed by atoms with Crippen LogP contribution in [0.2, 0.25) is 0 Å². The molecule has 0 saturated carbocycles. The molecule has 0 radical (unpaired) electrons. The van der Waals surface area contributed by atoms with E-state index in [9.17, 15) is 8.76 Å². The molecule has 0 spiro atoms. The van der Waals surface area contributed by atoms with Gasteiger partial charge in [0.1, 0.15) is 0 Å². The predicted molar refractivity (Wildman–Crippen MR) is 39.1 cm³/mol. The van der Waals surface area contributed by atoms with Crippen molar-refractivity contribution in [1.82, 2.24) is 3.97 Å². The molecule has 0 aliphatic heterocycles. The highest BCUT2D eigenvalue weighted by molar-refractivity contribution is 7.79. The van der Waals surface area contributed by atoms with Crippen LogP contribution in [0.1, 0.15) is 0 Å². The van der Waals surface area contributed by atoms with Gasteiger partial charge >= 0.3 is 0 Å². The Kier molecular flexibility index (Phi) is 2.19. The lowest BCUT2D eigenvalue weighted by Crippen LogP contribution is -2.00. The van der Waals surface area contributed by atoms with Gasteiger partial charge in [0.2, 0.25) is 5.88 Å². The SMILES string of the molecule is O=S([O-])n1c(O)csc1=S. The van der Waals surface area contributed by atoms with Crippen LogP contribution in [0.4, 0.5) is 0 Å². The standard InChI is InChI=1S/C3H3NO3S3/c5-2-1-9-3(8)4(2)10(6)7/h1,5H,(H,6,7)/p-1. The fourth-order valence-electron chi connectivity index (χ4n) is 0.430. The summed E-state index contributed by atoms with van der Waals surface area (Å²) in [6.45, 7) is 0. The molecule has 0 bridgehead atoms. The Balaban J connectivity index is 3.37. The van der Waals surface area contributed by atoms with Gasteiger partial charge < -0.3 is 9.66 Å². The van der Waals surface area contributed by atoms with E-state index in [1.165, 1.54) is 5.38 Å². The van der Waals surface area contributed by atoms with E-state index in [2.05, 4.69) is 12.2 Å². The summed E-state index contributed by atoms with van der Waals surface area (Å²) in [6, 6.07) is 0. The Labute approximate surface area is 68.2 Å². The van der Waals surface area contributed by atoms with Crippen LogP contribution in [0, 0.1) is 3.95 Å². The largest absolute Gasteiger partial charge is 0.755 e. The highest BCUT2D eigenvalue weighted by Crippen LogP contribution is 2.16. The van der Waals surface area contributed by atoms with Crippen molar-refractivity contribution in [3.63, 3.8) is 0 Å². The van der Waals surface area contributed by atoms with Gasteiger partial charge in [0.25, 0.3) is 0 Å². The fourth-order valence-corrected chi connectivity index (χ4v) is 2.06. The topological polar surface area (TPSA) is 65.3 Å². The van der Waals surface area contributed by atoms with Crippen molar-refractivity contribution in [2.45, 2.75) is 0 Å². The molecule has 0 aliphatic carbocycles. The quantitative estimate of drug-likeness (QED) is 0.528. The maximum absolute atomic E-state index is 10.2. The van der Waals surface area contributed by atoms with Crippen LogP contribution in [-0.2, 0) is 11.3 Å². The maximum atomic E-state index is 10.2. The molecular formula is C3H2NO3S3-. The summed E-state index contributed by atoms with van der Waals surface area (Å²) >= 11 is 3.07. The molecule has 1 aromatic heterocycles. The predicted octanol–water partition coefficient (Wildman–Crippen LogP) is 0.627. The van der Waals surface area contributed by atoms with E-state index >= 15 is 0 Å². The Hall–Kier alpha value is -0.240. The Morgan fingerprint density at radius 2 is 2.50 bits per heavy atom. The van der Waals surface area contributed by atoms with Crippen molar-refractivity contribution in [2.24, 2.45) is 0 Å². The summed E-state index contributed by atoms with van der Waals surface area (Å²) in [7, 11) is 0. The van der Waals surface area contributed by atoms with Gasteiger partial charge in [-0.1, -0.05) is 0 Å². The first-order valence-electron chi connectivity index (χ1n) is 2.12. The lowest BCUT2D eigenvalue weighted by Gasteiger charge is -2.04. The number of hydrogen-bond donors (Lipinski definition) is 1. The maximum Gasteiger partial charge on any atom is 0.214 e. The fraction of sp³-hybridized carbons (Fsp3) is 0. The minimum Gasteiger partial charge on any atom is -0.755 e. The third-order valence-electron chi connectivity index (χ3n) is 0.788. The molecule has 1 N–H and O–H groups in total. The highest BCUT2D eigenvalue weighted by atomic mass is 32.2. The zero-order chi connectivity index (χ0) is 7.72. The summed E-state index contributed by atoms with van der Waals surface area (Å²) < 4.78 is 21.2. The summed E-state index contributed by atoms with van der Waals surface area (Å²) in [5, 5.41) is 10.1. The molecule has 1 heterocycles. The molecule has 0 fully saturated rings. The molecule has 1 atom stereocenters. The molecule has 10 heavy (non-hydrogen) atoms. The number of aromatic hydroxyl groups is 1. The number of rotatable bonds is 1. The lowest BCUT2D eigenvalue weighted by atomic mass is 10.9. The summed E-state index contributed by atoms with van der Waals surface area (Å²) in [5.74, 6) is -0.344. The second kappa shape index (κ2) is 2.79. The van der Waals surface area contributed by atoms with Crippen LogP contribution in [0.25, 0.3) is 0 Å². The summed E-state index contributed by atoms with van der Waals surface area (Å²) in [4.78, 5) is 0. The summed E-state index contributed by atoms with van der Waals surface area (Å²) in [5.41, 5.74) is 0. The second-order valence-corrected chi connectivity index (χ2v) is 3.67. The smallest absolute Gasteiger partial charge is 0.214 e. The van der Waals surface area contributed by atoms with Gasteiger partial charge in [-0.25, -0.2) is 3.97 Å². The van der Waals surface area contributed by atoms with Crippen molar-refractivity contribution < 1.29 is 13.9 Å². The average Bonchev–Trinajstić information content (AvgIpc) is 2.11. The highest BCUT2D eigenvalue weighted by Gasteiger charge is 2.00. The molecule has 0 saturated heterocycles. The molecule has 56 valence electrons. The molecule has 1 aromatic rings. The van der Waals surface area contributed by atoms with Crippen LogP contribution >= 0.6 is 23.6 Å². The molecule has 7 heteroatoms. The van der Waals surface area contributed by atoms with E-state index in [-0.39, 0.29) is 9.83 Å². The van der Waals surface area contributed by atoms with Gasteiger partial charge in [0.15, 0.2) is 3.95 Å². The van der Waals surface area contributed by atoms with E-state index in [4.69, 9.17) is 5.11 Å². The van der Waals surface area contributed by atoms with Gasteiger partial charge in [-0.2, -0.15) is 0 Å². The van der Waals surface area contributed by atoms with E-state index in [0.717, 1.165) is 11.3 Å². The zero-order valence-electron chi connectivity index (χ0n) is 4.51. The normalized spacial score (nSPS) is 13.3. The van der Waals surface area contributed by atoms with Crippen molar-refractivity contribution in [1.29, 1.82) is 0 Å². The van der Waals surface area contributed by atoms with Crippen LogP contribution < -0.4 is 0 Å². The van der Waals surface area contributed by atoms with E-state index < -0.39 is 11.3 Å². The Morgan fingerprint density at radius 3 is 2.70 bits per heavy atom. The van der Waals surface area contributed by atoms with Crippen molar-refractivity contribution in [2.75, 3.05) is 0 Å². The third kappa shape index (κ3) is 1.26. The van der Waals surface area contributed by atoms with E-state index in [1.54, 1.807) is 0 Å². The van der Waals surface area contributed by atoms with Gasteiger partial charge in [-0.05, 0) is 12.2 Å². The van der Waals surface area contributed by atoms with Crippen LogP contribution in [0.5, 0.6) is 5.88 Å². The van der Waals surface area contributed by atoms with Crippen LogP contribution in [0.15, 0.2) is 5.38 Å². The first-order valence-corrected chi connectivity index (χ1v) is 4.44. The molecule has 0 amide bonds. The monoisotopic (exact) mass is 196 g/mol. The number of thiazole rings is 1. The third-order valence-corrected chi connectivity index (χ3v) is 2.87. The summed E-state index contributed by atoms with van der Waals surface area (Å²) in [6.07, 6.45) is 0. The van der Waals surface area contributed by atoms with Gasteiger partial charge in [-0.15, -0.1) is 11.3 Å². The van der Waals surface area contributed by atoms with E-state index in [0.29, 0.717) is 3.97 Å². The van der Waals surface area contributed by atoms with Crippen LogP contribution in [0.3, 0.4) is 0 Å². The Bertz CT molecular complexity index is 313. The van der Waals surface area contributed by atoms with Gasteiger partial charge in [0.05, 0.1) is 16.6 Å². The number of hydrogen-bond acceptors (Lipinski definition) is 5. The van der Waals surface area contributed by atoms with Crippen LogP contribution in [-0.4, -0.2) is 17.8 Å². The molecule has 4 nitrogen and oxygen atoms in total. The molecule has 1 rings (SSSR count). The number of aromatic nitrogens is 1. The zero-order valence-corrected chi connectivity index (χ0v) is 6.96. The average molecular weight is 196 g/mol. The van der Waals surface area contributed by atoms with Gasteiger partial charge in [-0.3, -0.25) is 4.21 Å². The minimum absolute atomic E-state index is 0.117. The first kappa shape index (κ1) is 7.86. The Morgan fingerprint density at radius 1 is 1.90 bits per heavy atom. The molecular weight excluding hydrogens is 194 g/mol. The second-order valence-electron chi connectivity index (χ2n) is 1.37. The van der Waals surface area contributed by atoms with Crippen molar-refractivity contribution >= 4 is 34.8 Å². The number of nitrogens with zero attached hydrogens (tertiary/aromatic N) is 1. The minimum atomic E-state index is -2.50. The molecule has 1 unspecified atom stereocenters. The molecule has 0 aliphatic rings.